The Hall–Kier alpha value is -1.64. The van der Waals surface area contributed by atoms with Crippen LogP contribution in [0.1, 0.15) is 21.8 Å². The van der Waals surface area contributed by atoms with Crippen LogP contribution in [-0.4, -0.2) is 47.7 Å². The summed E-state index contributed by atoms with van der Waals surface area (Å²) >= 11 is 5.17. The average molecular weight is 488 g/mol. The summed E-state index contributed by atoms with van der Waals surface area (Å²) < 4.78 is 12.4. The zero-order valence-electron chi connectivity index (χ0n) is 17.1. The number of ether oxygens (including phenoxy) is 2. The molecule has 0 amide bonds. The van der Waals surface area contributed by atoms with Crippen molar-refractivity contribution in [3.63, 3.8) is 0 Å². The number of thiazole rings is 1. The lowest BCUT2D eigenvalue weighted by Gasteiger charge is -2.26. The molecule has 1 aliphatic heterocycles. The monoisotopic (exact) mass is 487 g/mol. The fraction of sp³-hybridized carbons (Fsp3) is 0.391. The van der Waals surface area contributed by atoms with Crippen LogP contribution in [0, 0.1) is 6.92 Å². The highest BCUT2D eigenvalue weighted by Gasteiger charge is 2.13. The van der Waals surface area contributed by atoms with Crippen molar-refractivity contribution in [2.24, 2.45) is 0 Å². The third-order valence-corrected chi connectivity index (χ3v) is 6.87. The molecule has 0 unspecified atom stereocenters. The van der Waals surface area contributed by atoms with Crippen LogP contribution in [0.15, 0.2) is 47.1 Å². The van der Waals surface area contributed by atoms with E-state index < -0.39 is 0 Å². The quantitative estimate of drug-likeness (QED) is 0.453. The summed E-state index contributed by atoms with van der Waals surface area (Å²) in [6.45, 7) is 7.93. The highest BCUT2D eigenvalue weighted by Crippen LogP contribution is 2.29. The van der Waals surface area contributed by atoms with Crippen LogP contribution >= 0.6 is 27.3 Å². The third kappa shape index (κ3) is 5.95. The number of aryl methyl sites for hydroxylation is 1. The van der Waals surface area contributed by atoms with Crippen LogP contribution in [0.4, 0.5) is 0 Å². The Kier molecular flexibility index (Phi) is 7.62. The van der Waals surface area contributed by atoms with Gasteiger partial charge in [0.25, 0.3) is 0 Å². The normalized spacial score (nSPS) is 14.9. The van der Waals surface area contributed by atoms with Gasteiger partial charge in [-0.15, -0.1) is 11.3 Å². The van der Waals surface area contributed by atoms with Gasteiger partial charge in [0.05, 0.1) is 37.0 Å². The topological polar surface area (TPSA) is 47.5 Å². The van der Waals surface area contributed by atoms with Gasteiger partial charge in [0.15, 0.2) is 0 Å². The van der Waals surface area contributed by atoms with E-state index in [1.807, 2.05) is 24.4 Å². The van der Waals surface area contributed by atoms with Crippen molar-refractivity contribution < 1.29 is 9.47 Å². The van der Waals surface area contributed by atoms with E-state index in [9.17, 15) is 0 Å². The maximum absolute atomic E-state index is 5.93. The smallest absolute Gasteiger partial charge is 0.124 e. The molecule has 7 heteroatoms. The van der Waals surface area contributed by atoms with Gasteiger partial charge < -0.3 is 9.47 Å². The largest absolute Gasteiger partial charge is 0.379 e. The molecule has 3 aromatic rings. The van der Waals surface area contributed by atoms with Crippen molar-refractivity contribution in [3.8, 4) is 10.6 Å². The SMILES string of the molecule is Cc1nc(-c2ccnc(CCN3CCOCC3)c2)sc1COCc1ccc(Br)cc1. The first-order valence-electron chi connectivity index (χ1n) is 10.2. The van der Waals surface area contributed by atoms with E-state index in [1.54, 1.807) is 11.3 Å². The van der Waals surface area contributed by atoms with Gasteiger partial charge in [-0.05, 0) is 36.8 Å². The minimum atomic E-state index is 0.578. The lowest BCUT2D eigenvalue weighted by atomic mass is 10.2. The van der Waals surface area contributed by atoms with Crippen molar-refractivity contribution in [1.29, 1.82) is 0 Å². The summed E-state index contributed by atoms with van der Waals surface area (Å²) in [6.07, 6.45) is 2.84. The summed E-state index contributed by atoms with van der Waals surface area (Å²) in [5.74, 6) is 0. The van der Waals surface area contributed by atoms with E-state index in [0.717, 1.165) is 65.7 Å². The summed E-state index contributed by atoms with van der Waals surface area (Å²) in [4.78, 5) is 13.0. The Morgan fingerprint density at radius 2 is 1.93 bits per heavy atom. The Morgan fingerprint density at radius 1 is 1.13 bits per heavy atom. The first kappa shape index (κ1) is 21.6. The molecule has 0 bridgehead atoms. The van der Waals surface area contributed by atoms with E-state index in [1.165, 1.54) is 10.4 Å². The number of hydrogen-bond acceptors (Lipinski definition) is 6. The number of benzene rings is 1. The first-order chi connectivity index (χ1) is 14.7. The van der Waals surface area contributed by atoms with E-state index in [-0.39, 0.29) is 0 Å². The minimum absolute atomic E-state index is 0.578. The molecule has 5 nitrogen and oxygen atoms in total. The number of aromatic nitrogens is 2. The predicted molar refractivity (Wildman–Crippen MR) is 124 cm³/mol. The predicted octanol–water partition coefficient (Wildman–Crippen LogP) is 4.87. The summed E-state index contributed by atoms with van der Waals surface area (Å²) in [5, 5.41) is 1.03. The Morgan fingerprint density at radius 3 is 2.73 bits per heavy atom. The van der Waals surface area contributed by atoms with E-state index in [2.05, 4.69) is 50.9 Å². The molecule has 1 saturated heterocycles. The molecule has 158 valence electrons. The number of nitrogens with zero attached hydrogens (tertiary/aromatic N) is 3. The van der Waals surface area contributed by atoms with Crippen molar-refractivity contribution in [3.05, 3.63) is 68.9 Å². The van der Waals surface area contributed by atoms with Crippen LogP contribution in [0.25, 0.3) is 10.6 Å². The summed E-state index contributed by atoms with van der Waals surface area (Å²) in [7, 11) is 0. The standard InChI is InChI=1S/C23H26BrN3O2S/c1-17-22(16-29-15-18-2-4-20(24)5-3-18)30-23(26-17)19-6-8-25-21(14-19)7-9-27-10-12-28-13-11-27/h2-6,8,14H,7,9-13,15-16H2,1H3. The lowest BCUT2D eigenvalue weighted by molar-refractivity contribution is 0.0383. The van der Waals surface area contributed by atoms with Gasteiger partial charge in [0.2, 0.25) is 0 Å². The maximum atomic E-state index is 5.93. The molecule has 0 radical (unpaired) electrons. The molecule has 3 heterocycles. The van der Waals surface area contributed by atoms with Crippen molar-refractivity contribution in [1.82, 2.24) is 14.9 Å². The Labute approximate surface area is 190 Å². The zero-order chi connectivity index (χ0) is 20.8. The fourth-order valence-corrected chi connectivity index (χ4v) is 4.63. The molecule has 2 aromatic heterocycles. The molecule has 30 heavy (non-hydrogen) atoms. The van der Waals surface area contributed by atoms with Crippen molar-refractivity contribution in [2.45, 2.75) is 26.6 Å². The van der Waals surface area contributed by atoms with Crippen LogP contribution in [-0.2, 0) is 29.1 Å². The van der Waals surface area contributed by atoms with Gasteiger partial charge in [-0.1, -0.05) is 28.1 Å². The Bertz CT molecular complexity index is 955. The van der Waals surface area contributed by atoms with E-state index in [4.69, 9.17) is 14.5 Å². The second kappa shape index (κ2) is 10.6. The lowest BCUT2D eigenvalue weighted by Crippen LogP contribution is -2.37. The molecular weight excluding hydrogens is 462 g/mol. The zero-order valence-corrected chi connectivity index (χ0v) is 19.5. The minimum Gasteiger partial charge on any atom is -0.379 e. The second-order valence-corrected chi connectivity index (χ2v) is 9.39. The molecular formula is C23H26BrN3O2S. The number of halogens is 1. The summed E-state index contributed by atoms with van der Waals surface area (Å²) in [5.41, 5.74) is 4.45. The molecule has 0 saturated carbocycles. The van der Waals surface area contributed by atoms with Gasteiger partial charge in [0, 0.05) is 48.0 Å². The van der Waals surface area contributed by atoms with Crippen LogP contribution in [0.3, 0.4) is 0 Å². The van der Waals surface area contributed by atoms with Gasteiger partial charge >= 0.3 is 0 Å². The third-order valence-electron chi connectivity index (χ3n) is 5.16. The Balaban J connectivity index is 1.35. The molecule has 1 aliphatic rings. The molecule has 4 rings (SSSR count). The number of hydrogen-bond donors (Lipinski definition) is 0. The maximum Gasteiger partial charge on any atom is 0.124 e. The summed E-state index contributed by atoms with van der Waals surface area (Å²) in [6, 6.07) is 12.4. The molecule has 0 spiro atoms. The van der Waals surface area contributed by atoms with Gasteiger partial charge in [-0.2, -0.15) is 0 Å². The highest BCUT2D eigenvalue weighted by molar-refractivity contribution is 9.10. The van der Waals surface area contributed by atoms with Gasteiger partial charge in [-0.25, -0.2) is 4.98 Å². The second-order valence-electron chi connectivity index (χ2n) is 7.39. The number of pyridine rings is 1. The molecule has 0 N–H and O–H groups in total. The molecule has 0 aliphatic carbocycles. The van der Waals surface area contributed by atoms with E-state index >= 15 is 0 Å². The average Bonchev–Trinajstić information content (AvgIpc) is 3.15. The van der Waals surface area contributed by atoms with Crippen molar-refractivity contribution >= 4 is 27.3 Å². The van der Waals surface area contributed by atoms with Crippen molar-refractivity contribution in [2.75, 3.05) is 32.8 Å². The van der Waals surface area contributed by atoms with E-state index in [0.29, 0.717) is 13.2 Å². The van der Waals surface area contributed by atoms with Crippen LogP contribution in [0.5, 0.6) is 0 Å². The van der Waals surface area contributed by atoms with Crippen LogP contribution in [0.2, 0.25) is 0 Å². The molecule has 1 fully saturated rings. The van der Waals surface area contributed by atoms with Gasteiger partial charge in [-0.3, -0.25) is 9.88 Å². The van der Waals surface area contributed by atoms with Crippen LogP contribution < -0.4 is 0 Å². The molecule has 1 aromatic carbocycles. The fourth-order valence-electron chi connectivity index (χ4n) is 3.37. The number of morpholine rings is 1. The van der Waals surface area contributed by atoms with Gasteiger partial charge in [0.1, 0.15) is 5.01 Å². The molecule has 0 atom stereocenters. The number of rotatable bonds is 8. The first-order valence-corrected chi connectivity index (χ1v) is 11.8. The highest BCUT2D eigenvalue weighted by atomic mass is 79.9.